The van der Waals surface area contributed by atoms with Crippen LogP contribution in [0.15, 0.2) is 130 Å². The van der Waals surface area contributed by atoms with Gasteiger partial charge in [-0.15, -0.1) is 0 Å². The lowest BCUT2D eigenvalue weighted by Crippen LogP contribution is -2.41. The SMILES string of the molecule is C=C(C)C(=O)OCCC[Si](C)(OCCOCCOc1ccc(N=Nc2ccc(C#N)cc2)cc1)OCCOCCOc1ccc(N=Nc2ccc(C#N)cc2)cc1. The normalized spacial score (nSPS) is 12.1. The van der Waals surface area contributed by atoms with Gasteiger partial charge < -0.3 is 32.5 Å². The minimum absolute atomic E-state index is 0.241. The Morgan fingerprint density at radius 1 is 0.579 bits per heavy atom. The molecule has 57 heavy (non-hydrogen) atoms. The molecule has 0 atom stereocenters. The lowest BCUT2D eigenvalue weighted by Gasteiger charge is -2.27. The summed E-state index contributed by atoms with van der Waals surface area (Å²) >= 11 is 0. The van der Waals surface area contributed by atoms with Crippen molar-refractivity contribution in [2.45, 2.75) is 25.9 Å². The molecule has 0 unspecified atom stereocenters. The van der Waals surface area contributed by atoms with Crippen LogP contribution in [-0.2, 0) is 27.9 Å². The number of esters is 1. The summed E-state index contributed by atoms with van der Waals surface area (Å²) in [4.78, 5) is 11.8. The van der Waals surface area contributed by atoms with Gasteiger partial charge in [-0.1, -0.05) is 6.58 Å². The lowest BCUT2D eigenvalue weighted by atomic mass is 10.2. The van der Waals surface area contributed by atoms with Crippen LogP contribution in [0.3, 0.4) is 0 Å². The van der Waals surface area contributed by atoms with Crippen molar-refractivity contribution >= 4 is 37.3 Å². The van der Waals surface area contributed by atoms with Crippen LogP contribution >= 0.6 is 0 Å². The van der Waals surface area contributed by atoms with E-state index in [-0.39, 0.29) is 6.61 Å². The third kappa shape index (κ3) is 17.1. The Morgan fingerprint density at radius 3 is 1.32 bits per heavy atom. The highest BCUT2D eigenvalue weighted by atomic mass is 28.4. The van der Waals surface area contributed by atoms with E-state index in [2.05, 4.69) is 39.2 Å². The van der Waals surface area contributed by atoms with Crippen LogP contribution in [0.1, 0.15) is 24.5 Å². The monoisotopic (exact) mass is 790 g/mol. The average Bonchev–Trinajstić information content (AvgIpc) is 3.24. The van der Waals surface area contributed by atoms with Crippen molar-refractivity contribution in [2.24, 2.45) is 20.5 Å². The number of hydrogen-bond donors (Lipinski definition) is 0. The molecule has 14 nitrogen and oxygen atoms in total. The van der Waals surface area contributed by atoms with Gasteiger partial charge in [0.05, 0.1) is 92.3 Å². The van der Waals surface area contributed by atoms with Crippen molar-refractivity contribution in [1.29, 1.82) is 10.5 Å². The highest BCUT2D eigenvalue weighted by Crippen LogP contribution is 2.23. The van der Waals surface area contributed by atoms with Crippen LogP contribution in [0.25, 0.3) is 0 Å². The molecule has 0 aliphatic rings. The van der Waals surface area contributed by atoms with Gasteiger partial charge in [-0.25, -0.2) is 4.79 Å². The van der Waals surface area contributed by atoms with E-state index in [1.165, 1.54) is 0 Å². The summed E-state index contributed by atoms with van der Waals surface area (Å²) < 4.78 is 40.8. The van der Waals surface area contributed by atoms with Crippen molar-refractivity contribution < 1.29 is 37.3 Å². The maximum Gasteiger partial charge on any atom is 0.335 e. The third-order valence-corrected chi connectivity index (χ3v) is 10.7. The summed E-state index contributed by atoms with van der Waals surface area (Å²) in [5.41, 5.74) is 4.14. The molecular formula is C42H46N6O8Si. The summed E-state index contributed by atoms with van der Waals surface area (Å²) in [6, 6.07) is 32.9. The number of carbonyl (C=O) groups excluding carboxylic acids is 1. The molecule has 4 rings (SSSR count). The number of rotatable bonds is 25. The molecule has 0 saturated heterocycles. The molecule has 0 aromatic heterocycles. The average molecular weight is 791 g/mol. The van der Waals surface area contributed by atoms with Crippen LogP contribution in [0.2, 0.25) is 12.6 Å². The Morgan fingerprint density at radius 2 is 0.947 bits per heavy atom. The van der Waals surface area contributed by atoms with E-state index < -0.39 is 14.5 Å². The quantitative estimate of drug-likeness (QED) is 0.0206. The molecule has 0 heterocycles. The van der Waals surface area contributed by atoms with Gasteiger partial charge in [-0.05, 0) is 123 Å². The predicted octanol–water partition coefficient (Wildman–Crippen LogP) is 9.37. The van der Waals surface area contributed by atoms with E-state index >= 15 is 0 Å². The molecule has 0 fully saturated rings. The summed E-state index contributed by atoms with van der Waals surface area (Å²) in [5.74, 6) is 0.933. The summed E-state index contributed by atoms with van der Waals surface area (Å²) in [7, 11) is -2.66. The molecule has 0 radical (unpaired) electrons. The number of nitrogens with zero attached hydrogens (tertiary/aromatic N) is 6. The van der Waals surface area contributed by atoms with Crippen LogP contribution < -0.4 is 9.47 Å². The Hall–Kier alpha value is -6.07. The summed E-state index contributed by atoms with van der Waals surface area (Å²) in [5, 5.41) is 34.6. The van der Waals surface area contributed by atoms with Crippen LogP contribution in [-0.4, -0.2) is 74.0 Å². The molecule has 0 N–H and O–H groups in total. The first kappa shape index (κ1) is 43.7. The molecular weight excluding hydrogens is 745 g/mol. The Bertz CT molecular complexity index is 1850. The van der Waals surface area contributed by atoms with E-state index in [1.807, 2.05) is 30.8 Å². The standard InChI is InChI=1S/C42H46N6O8Si/c1-33(2)42(49)54-21-4-30-57(3,55-28-24-50-22-26-52-40-17-13-38(14-18-40)47-45-36-9-5-34(31-43)6-10-36)56-29-25-51-23-27-53-41-19-15-39(16-20-41)48-46-37-11-7-35(32-44)8-12-37/h5-20H,1,4,21-30H2,2-3H3. The van der Waals surface area contributed by atoms with E-state index in [4.69, 9.17) is 43.1 Å². The van der Waals surface area contributed by atoms with Crippen LogP contribution in [0.4, 0.5) is 22.7 Å². The largest absolute Gasteiger partial charge is 0.491 e. The van der Waals surface area contributed by atoms with Crippen molar-refractivity contribution in [3.8, 4) is 23.6 Å². The minimum atomic E-state index is -2.66. The number of carbonyl (C=O) groups is 1. The van der Waals surface area contributed by atoms with Gasteiger partial charge in [0, 0.05) is 5.57 Å². The summed E-state index contributed by atoms with van der Waals surface area (Å²) in [6.45, 7) is 10.2. The number of nitriles is 2. The van der Waals surface area contributed by atoms with Crippen molar-refractivity contribution in [1.82, 2.24) is 0 Å². The highest BCUT2D eigenvalue weighted by molar-refractivity contribution is 6.66. The molecule has 296 valence electrons. The number of ether oxygens (including phenoxy) is 5. The zero-order valence-electron chi connectivity index (χ0n) is 32.2. The molecule has 0 spiro atoms. The van der Waals surface area contributed by atoms with Gasteiger partial charge in [-0.3, -0.25) is 0 Å². The number of benzene rings is 4. The predicted molar refractivity (Wildman–Crippen MR) is 215 cm³/mol. The van der Waals surface area contributed by atoms with Crippen molar-refractivity contribution in [2.75, 3.05) is 59.5 Å². The van der Waals surface area contributed by atoms with Crippen LogP contribution in [0.5, 0.6) is 11.5 Å². The Labute approximate surface area is 334 Å². The smallest absolute Gasteiger partial charge is 0.335 e. The molecule has 0 amide bonds. The van der Waals surface area contributed by atoms with Gasteiger partial charge in [0.25, 0.3) is 0 Å². The molecule has 4 aromatic carbocycles. The molecule has 0 bridgehead atoms. The van der Waals surface area contributed by atoms with Gasteiger partial charge in [-0.2, -0.15) is 31.0 Å². The number of hydrogen-bond acceptors (Lipinski definition) is 14. The van der Waals surface area contributed by atoms with E-state index in [0.717, 1.165) is 0 Å². The molecule has 0 aliphatic carbocycles. The fourth-order valence-corrected chi connectivity index (χ4v) is 6.98. The van der Waals surface area contributed by atoms with E-state index in [1.54, 1.807) is 79.7 Å². The van der Waals surface area contributed by atoms with E-state index in [0.29, 0.717) is 116 Å². The Balaban J connectivity index is 1.10. The van der Waals surface area contributed by atoms with Crippen molar-refractivity contribution in [3.63, 3.8) is 0 Å². The van der Waals surface area contributed by atoms with E-state index in [9.17, 15) is 4.79 Å². The zero-order valence-corrected chi connectivity index (χ0v) is 33.2. The third-order valence-electron chi connectivity index (χ3n) is 7.85. The minimum Gasteiger partial charge on any atom is -0.491 e. The first-order chi connectivity index (χ1) is 27.7. The second-order valence-electron chi connectivity index (χ2n) is 12.5. The first-order valence-electron chi connectivity index (χ1n) is 18.3. The first-order valence-corrected chi connectivity index (χ1v) is 20.8. The molecule has 0 saturated carbocycles. The van der Waals surface area contributed by atoms with Crippen LogP contribution in [0, 0.1) is 22.7 Å². The fourth-order valence-electron chi connectivity index (χ4n) is 4.80. The van der Waals surface area contributed by atoms with Gasteiger partial charge in [0.1, 0.15) is 24.7 Å². The Kier molecular flexibility index (Phi) is 18.7. The van der Waals surface area contributed by atoms with Crippen molar-refractivity contribution in [3.05, 3.63) is 120 Å². The van der Waals surface area contributed by atoms with Gasteiger partial charge in [0.15, 0.2) is 0 Å². The highest BCUT2D eigenvalue weighted by Gasteiger charge is 2.31. The maximum absolute atomic E-state index is 11.8. The zero-order chi connectivity index (χ0) is 40.6. The molecule has 0 aliphatic heterocycles. The number of azo groups is 2. The van der Waals surface area contributed by atoms with Gasteiger partial charge in [0.2, 0.25) is 0 Å². The lowest BCUT2D eigenvalue weighted by molar-refractivity contribution is -0.138. The maximum atomic E-state index is 11.8. The van der Waals surface area contributed by atoms with Gasteiger partial charge >= 0.3 is 14.5 Å². The summed E-state index contributed by atoms with van der Waals surface area (Å²) in [6.07, 6.45) is 0.580. The fraction of sp³-hybridized carbons (Fsp3) is 0.310. The molecule has 4 aromatic rings. The second-order valence-corrected chi connectivity index (χ2v) is 15.8. The molecule has 15 heteroatoms. The topological polar surface area (TPSA) is 179 Å². The second kappa shape index (κ2) is 24.4.